The summed E-state index contributed by atoms with van der Waals surface area (Å²) >= 11 is 1.86. The van der Waals surface area contributed by atoms with Crippen LogP contribution in [0.2, 0.25) is 0 Å². The Morgan fingerprint density at radius 1 is 0.176 bits per heavy atom. The Balaban J connectivity index is 0.000000135. The smallest absolute Gasteiger partial charge is 0.159 e. The predicted molar refractivity (Wildman–Crippen MR) is 458 cm³/mol. The first-order valence-electron chi connectivity index (χ1n) is 36.9. The molecular formula is C102H64N4OS. The molecule has 5 nitrogen and oxygen atoms in total. The number of nitrogens with zero attached hydrogens (tertiary/aromatic N) is 4. The number of para-hydroxylation sites is 6. The Bertz CT molecular complexity index is 7570. The molecule has 0 aliphatic rings. The fourth-order valence-electron chi connectivity index (χ4n) is 17.3. The number of rotatable bonds is 9. The lowest BCUT2D eigenvalue weighted by molar-refractivity contribution is 0.666. The third-order valence-corrected chi connectivity index (χ3v) is 23.4. The predicted octanol–water partition coefficient (Wildman–Crippen LogP) is 28.4. The maximum Gasteiger partial charge on any atom is 0.159 e. The van der Waals surface area contributed by atoms with Gasteiger partial charge in [0, 0.05) is 91.1 Å². The molecular weight excluding hydrogens is 1330 g/mol. The molecule has 0 atom stereocenters. The highest BCUT2D eigenvalue weighted by Gasteiger charge is 2.22. The van der Waals surface area contributed by atoms with Crippen molar-refractivity contribution in [1.29, 1.82) is 0 Å². The average Bonchev–Trinajstić information content (AvgIpc) is 1.59. The van der Waals surface area contributed by atoms with Crippen molar-refractivity contribution >= 4 is 141 Å². The minimum Gasteiger partial charge on any atom is -0.454 e. The van der Waals surface area contributed by atoms with Crippen molar-refractivity contribution in [1.82, 2.24) is 18.3 Å². The van der Waals surface area contributed by atoms with Gasteiger partial charge in [-0.25, -0.2) is 0 Å². The van der Waals surface area contributed by atoms with Crippen LogP contribution in [-0.4, -0.2) is 18.3 Å². The molecule has 6 heteroatoms. The Labute approximate surface area is 625 Å². The van der Waals surface area contributed by atoms with Crippen LogP contribution in [0.15, 0.2) is 393 Å². The summed E-state index contributed by atoms with van der Waals surface area (Å²) in [6.45, 7) is 0. The zero-order valence-corrected chi connectivity index (χ0v) is 59.4. The summed E-state index contributed by atoms with van der Waals surface area (Å²) in [4.78, 5) is 0. The summed E-state index contributed by atoms with van der Waals surface area (Å²) in [6, 6.07) is 141. The molecule has 23 rings (SSSR count). The van der Waals surface area contributed by atoms with Gasteiger partial charge in [-0.15, -0.1) is 11.3 Å². The second kappa shape index (κ2) is 24.8. The number of hydrogen-bond donors (Lipinski definition) is 0. The zero-order chi connectivity index (χ0) is 70.9. The van der Waals surface area contributed by atoms with E-state index in [-0.39, 0.29) is 0 Å². The normalized spacial score (nSPS) is 11.9. The largest absolute Gasteiger partial charge is 0.454 e. The van der Waals surface area contributed by atoms with Crippen molar-refractivity contribution in [3.8, 4) is 78.4 Å². The van der Waals surface area contributed by atoms with Crippen molar-refractivity contribution < 1.29 is 4.42 Å². The van der Waals surface area contributed by atoms with E-state index in [9.17, 15) is 0 Å². The number of furan rings is 1. The van der Waals surface area contributed by atoms with Crippen molar-refractivity contribution in [3.05, 3.63) is 388 Å². The molecule has 17 aromatic carbocycles. The van der Waals surface area contributed by atoms with E-state index in [1.54, 1.807) is 0 Å². The minimum atomic E-state index is 0.904. The molecule has 0 aliphatic heterocycles. The molecule has 6 aromatic heterocycles. The molecule has 0 N–H and O–H groups in total. The summed E-state index contributed by atoms with van der Waals surface area (Å²) in [6.07, 6.45) is 0. The molecule has 108 heavy (non-hydrogen) atoms. The fraction of sp³-hybridized carbons (Fsp3) is 0. The maximum absolute atomic E-state index is 6.51. The SMILES string of the molecule is c1ccc(-c2cccc(-n3c4ccccc4c4cc(-c5ccc6c(c5)c5ccccc5n6-c5cccc(-c6ccc7sc8ccccc8c7c6)c5)ccc43)c2)cc1.c1ccc(-c2cccc(-n3c4ccccc4c4cc(-c5ccc6c(c5)c5ccccc5n6-c5cccc6c5oc5ccccc56)ccc43)c2)cc1. The first-order chi connectivity index (χ1) is 53.5. The van der Waals surface area contributed by atoms with Crippen LogP contribution in [0.3, 0.4) is 0 Å². The molecule has 6 heterocycles. The van der Waals surface area contributed by atoms with Gasteiger partial charge < -0.3 is 22.7 Å². The molecule has 504 valence electrons. The fourth-order valence-corrected chi connectivity index (χ4v) is 18.3. The number of aromatic nitrogens is 4. The standard InChI is InChI=1S/C54H34N2S.C48H30N2O/c1-2-12-35(13-3-1)36-14-10-16-41(30-36)55-49-21-7-4-18-43(49)46-32-38(24-27-51(46)55)39-25-28-52-47(33-39)44-19-5-8-22-50(44)56(52)42-17-11-15-37(31-42)40-26-29-54-48(34-40)45-20-6-9-23-53(45)57-54;1-2-12-31(13-3-1)32-14-10-15-35(28-32)49-42-20-7-4-16-36(42)40-29-33(24-26-44(40)49)34-25-27-45-41(30-34)37-17-5-8-21-43(37)50(45)46-22-11-19-39-38-18-6-9-23-47(38)51-48(39)46/h1-34H;1-30H. The molecule has 0 radical (unpaired) electrons. The third kappa shape index (κ3) is 9.92. The first kappa shape index (κ1) is 61.4. The monoisotopic (exact) mass is 1390 g/mol. The van der Waals surface area contributed by atoms with Gasteiger partial charge in [0.15, 0.2) is 5.58 Å². The van der Waals surface area contributed by atoms with Crippen LogP contribution in [0, 0.1) is 0 Å². The van der Waals surface area contributed by atoms with E-state index in [1.165, 1.54) is 152 Å². The maximum atomic E-state index is 6.51. The van der Waals surface area contributed by atoms with E-state index >= 15 is 0 Å². The number of fused-ring (bicyclic) bond motifs is 18. The molecule has 0 spiro atoms. The van der Waals surface area contributed by atoms with E-state index in [4.69, 9.17) is 4.42 Å². The summed E-state index contributed by atoms with van der Waals surface area (Å²) in [7, 11) is 0. The highest BCUT2D eigenvalue weighted by atomic mass is 32.1. The molecule has 23 aromatic rings. The minimum absolute atomic E-state index is 0.904. The van der Waals surface area contributed by atoms with Crippen LogP contribution >= 0.6 is 11.3 Å². The lowest BCUT2D eigenvalue weighted by Gasteiger charge is -2.11. The zero-order valence-electron chi connectivity index (χ0n) is 58.6. The van der Waals surface area contributed by atoms with E-state index in [0.29, 0.717) is 0 Å². The number of benzene rings is 17. The van der Waals surface area contributed by atoms with Crippen molar-refractivity contribution in [3.63, 3.8) is 0 Å². The van der Waals surface area contributed by atoms with Gasteiger partial charge >= 0.3 is 0 Å². The molecule has 0 amide bonds. The molecule has 0 aliphatic carbocycles. The number of hydrogen-bond acceptors (Lipinski definition) is 2. The van der Waals surface area contributed by atoms with Crippen LogP contribution in [0.25, 0.3) is 208 Å². The van der Waals surface area contributed by atoms with Crippen molar-refractivity contribution in [2.24, 2.45) is 0 Å². The van der Waals surface area contributed by atoms with Crippen molar-refractivity contribution in [2.45, 2.75) is 0 Å². The third-order valence-electron chi connectivity index (χ3n) is 22.2. The molecule has 0 fully saturated rings. The van der Waals surface area contributed by atoms with Crippen molar-refractivity contribution in [2.75, 3.05) is 0 Å². The van der Waals surface area contributed by atoms with Gasteiger partial charge in [-0.2, -0.15) is 0 Å². The average molecular weight is 1390 g/mol. The van der Waals surface area contributed by atoms with Gasteiger partial charge in [-0.3, -0.25) is 0 Å². The summed E-state index contributed by atoms with van der Waals surface area (Å²) in [5.41, 5.74) is 28.0. The van der Waals surface area contributed by atoms with Crippen LogP contribution in [0.1, 0.15) is 0 Å². The second-order valence-electron chi connectivity index (χ2n) is 28.3. The summed E-state index contributed by atoms with van der Waals surface area (Å²) < 4.78 is 18.8. The Kier molecular flexibility index (Phi) is 14.1. The number of thiophene rings is 1. The highest BCUT2D eigenvalue weighted by molar-refractivity contribution is 7.25. The van der Waals surface area contributed by atoms with E-state index in [1.807, 2.05) is 23.5 Å². The van der Waals surface area contributed by atoms with Gasteiger partial charge in [0.1, 0.15) is 5.58 Å². The van der Waals surface area contributed by atoms with Gasteiger partial charge in [0.25, 0.3) is 0 Å². The molecule has 0 saturated carbocycles. The molecule has 0 bridgehead atoms. The van der Waals surface area contributed by atoms with Crippen LogP contribution in [0.5, 0.6) is 0 Å². The Hall–Kier alpha value is -14.0. The van der Waals surface area contributed by atoms with Gasteiger partial charge in [0.05, 0.1) is 49.8 Å². The van der Waals surface area contributed by atoms with Crippen LogP contribution in [0.4, 0.5) is 0 Å². The second-order valence-corrected chi connectivity index (χ2v) is 29.4. The van der Waals surface area contributed by atoms with E-state index in [2.05, 4.69) is 394 Å². The topological polar surface area (TPSA) is 32.9 Å². The Morgan fingerprint density at radius 3 is 0.944 bits per heavy atom. The van der Waals surface area contributed by atoms with Crippen LogP contribution in [-0.2, 0) is 0 Å². The molecule has 0 unspecified atom stereocenters. The summed E-state index contributed by atoms with van der Waals surface area (Å²) in [5.74, 6) is 0. The van der Waals surface area contributed by atoms with Gasteiger partial charge in [-0.1, -0.05) is 249 Å². The molecule has 0 saturated heterocycles. The lowest BCUT2D eigenvalue weighted by atomic mass is 10.0. The Morgan fingerprint density at radius 2 is 0.481 bits per heavy atom. The van der Waals surface area contributed by atoms with Gasteiger partial charge in [0.2, 0.25) is 0 Å². The highest BCUT2D eigenvalue weighted by Crippen LogP contribution is 2.45. The first-order valence-corrected chi connectivity index (χ1v) is 37.8. The van der Waals surface area contributed by atoms with E-state index in [0.717, 1.165) is 55.7 Å². The lowest BCUT2D eigenvalue weighted by Crippen LogP contribution is -1.94. The van der Waals surface area contributed by atoms with Crippen LogP contribution < -0.4 is 0 Å². The van der Waals surface area contributed by atoms with E-state index < -0.39 is 0 Å². The quantitative estimate of drug-likeness (QED) is 0.142. The summed E-state index contributed by atoms with van der Waals surface area (Å²) in [5, 5.41) is 14.8. The van der Waals surface area contributed by atoms with Gasteiger partial charge in [-0.05, 0) is 195 Å².